The number of carboxylic acids is 1. The predicted molar refractivity (Wildman–Crippen MR) is 85.8 cm³/mol. The third kappa shape index (κ3) is 5.63. The van der Waals surface area contributed by atoms with Crippen LogP contribution in [0.15, 0.2) is 11.2 Å². The molecule has 0 amide bonds. The third-order valence-corrected chi connectivity index (χ3v) is 4.16. The molecule has 0 aliphatic carbocycles. The van der Waals surface area contributed by atoms with Crippen LogP contribution in [-0.4, -0.2) is 38.4 Å². The lowest BCUT2D eigenvalue weighted by atomic mass is 9.96. The van der Waals surface area contributed by atoms with E-state index in [1.54, 1.807) is 6.92 Å². The monoisotopic (exact) mass is 311 g/mol. The standard InChI is InChI=1S/C15H25N3O2S/c1-6-7-16-15(5,13(19)20)9-12(4)21-14-17-10(2)8-11(3)18-14/h8,12,16H,6-7,9H2,1-5H3,(H,19,20). The molecule has 1 rings (SSSR count). The van der Waals surface area contributed by atoms with Gasteiger partial charge in [-0.1, -0.05) is 25.6 Å². The van der Waals surface area contributed by atoms with Gasteiger partial charge in [0.2, 0.25) is 0 Å². The fourth-order valence-corrected chi connectivity index (χ4v) is 3.35. The maximum atomic E-state index is 11.5. The van der Waals surface area contributed by atoms with E-state index in [1.165, 1.54) is 11.8 Å². The van der Waals surface area contributed by atoms with E-state index in [0.717, 1.165) is 17.8 Å². The molecule has 0 aliphatic heterocycles. The Morgan fingerprint density at radius 2 is 2.00 bits per heavy atom. The highest BCUT2D eigenvalue weighted by atomic mass is 32.2. The van der Waals surface area contributed by atoms with Gasteiger partial charge in [-0.15, -0.1) is 0 Å². The van der Waals surface area contributed by atoms with Crippen LogP contribution in [0.2, 0.25) is 0 Å². The number of carboxylic acid groups (broad SMARTS) is 1. The maximum Gasteiger partial charge on any atom is 0.323 e. The van der Waals surface area contributed by atoms with Crippen molar-refractivity contribution >= 4 is 17.7 Å². The third-order valence-electron chi connectivity index (χ3n) is 3.20. The molecule has 2 unspecified atom stereocenters. The van der Waals surface area contributed by atoms with E-state index in [1.807, 2.05) is 33.8 Å². The highest BCUT2D eigenvalue weighted by molar-refractivity contribution is 7.99. The van der Waals surface area contributed by atoms with Gasteiger partial charge in [0, 0.05) is 16.6 Å². The summed E-state index contributed by atoms with van der Waals surface area (Å²) in [6.07, 6.45) is 1.42. The van der Waals surface area contributed by atoms with Crippen molar-refractivity contribution in [2.75, 3.05) is 6.54 Å². The summed E-state index contributed by atoms with van der Waals surface area (Å²) in [6, 6.07) is 1.93. The average molecular weight is 311 g/mol. The van der Waals surface area contributed by atoms with Crippen molar-refractivity contribution in [2.24, 2.45) is 0 Å². The summed E-state index contributed by atoms with van der Waals surface area (Å²) < 4.78 is 0. The molecule has 1 aromatic heterocycles. The molecule has 21 heavy (non-hydrogen) atoms. The number of aryl methyl sites for hydroxylation is 2. The van der Waals surface area contributed by atoms with Crippen molar-refractivity contribution in [3.63, 3.8) is 0 Å². The number of aliphatic carboxylic acids is 1. The van der Waals surface area contributed by atoms with E-state index in [2.05, 4.69) is 15.3 Å². The highest BCUT2D eigenvalue weighted by Gasteiger charge is 2.34. The molecule has 0 aliphatic rings. The molecule has 2 atom stereocenters. The summed E-state index contributed by atoms with van der Waals surface area (Å²) in [5, 5.41) is 13.4. The zero-order valence-electron chi connectivity index (χ0n) is 13.4. The Kier molecular flexibility index (Phi) is 6.61. The number of nitrogens with zero attached hydrogens (tertiary/aromatic N) is 2. The molecule has 1 aromatic rings. The number of aromatic nitrogens is 2. The van der Waals surface area contributed by atoms with Crippen LogP contribution >= 0.6 is 11.8 Å². The number of thioether (sulfide) groups is 1. The van der Waals surface area contributed by atoms with Gasteiger partial charge in [-0.05, 0) is 46.2 Å². The van der Waals surface area contributed by atoms with Crippen LogP contribution in [-0.2, 0) is 4.79 Å². The molecule has 0 radical (unpaired) electrons. The van der Waals surface area contributed by atoms with Crippen LogP contribution in [0.4, 0.5) is 0 Å². The molecular weight excluding hydrogens is 286 g/mol. The second kappa shape index (κ2) is 7.75. The normalized spacial score (nSPS) is 15.5. The van der Waals surface area contributed by atoms with E-state index < -0.39 is 11.5 Å². The Hall–Kier alpha value is -1.14. The number of rotatable bonds is 8. The summed E-state index contributed by atoms with van der Waals surface area (Å²) in [5.41, 5.74) is 0.950. The zero-order chi connectivity index (χ0) is 16.0. The van der Waals surface area contributed by atoms with Crippen LogP contribution in [0.3, 0.4) is 0 Å². The second-order valence-corrected chi connectivity index (χ2v) is 7.04. The first kappa shape index (κ1) is 17.9. The molecule has 1 heterocycles. The van der Waals surface area contributed by atoms with Crippen molar-refractivity contribution in [3.8, 4) is 0 Å². The quantitative estimate of drug-likeness (QED) is 0.568. The van der Waals surface area contributed by atoms with E-state index >= 15 is 0 Å². The van der Waals surface area contributed by atoms with Crippen molar-refractivity contribution in [1.82, 2.24) is 15.3 Å². The van der Waals surface area contributed by atoms with Crippen molar-refractivity contribution in [1.29, 1.82) is 0 Å². The molecule has 0 aromatic carbocycles. The molecule has 0 saturated carbocycles. The van der Waals surface area contributed by atoms with Gasteiger partial charge in [0.05, 0.1) is 0 Å². The van der Waals surface area contributed by atoms with Gasteiger partial charge >= 0.3 is 5.97 Å². The SMILES string of the molecule is CCCNC(C)(CC(C)Sc1nc(C)cc(C)n1)C(=O)O. The average Bonchev–Trinajstić information content (AvgIpc) is 2.34. The Morgan fingerprint density at radius 3 is 2.48 bits per heavy atom. The Bertz CT molecular complexity index is 476. The van der Waals surface area contributed by atoms with Gasteiger partial charge in [-0.3, -0.25) is 4.79 Å². The first-order chi connectivity index (χ1) is 9.76. The van der Waals surface area contributed by atoms with E-state index in [4.69, 9.17) is 0 Å². The summed E-state index contributed by atoms with van der Waals surface area (Å²) in [4.78, 5) is 20.3. The smallest absolute Gasteiger partial charge is 0.323 e. The minimum absolute atomic E-state index is 0.108. The van der Waals surface area contributed by atoms with Crippen molar-refractivity contribution < 1.29 is 9.90 Å². The van der Waals surface area contributed by atoms with Crippen LogP contribution in [0.25, 0.3) is 0 Å². The summed E-state index contributed by atoms with van der Waals surface area (Å²) in [7, 11) is 0. The lowest BCUT2D eigenvalue weighted by Crippen LogP contribution is -2.51. The lowest BCUT2D eigenvalue weighted by Gasteiger charge is -2.28. The fraction of sp³-hybridized carbons (Fsp3) is 0.667. The maximum absolute atomic E-state index is 11.5. The Labute approximate surface area is 131 Å². The topological polar surface area (TPSA) is 75.1 Å². The van der Waals surface area contributed by atoms with E-state index in [-0.39, 0.29) is 5.25 Å². The molecule has 118 valence electrons. The zero-order valence-corrected chi connectivity index (χ0v) is 14.3. The van der Waals surface area contributed by atoms with Gasteiger partial charge in [-0.25, -0.2) is 9.97 Å². The molecule has 0 saturated heterocycles. The van der Waals surface area contributed by atoms with E-state index in [9.17, 15) is 9.90 Å². The lowest BCUT2D eigenvalue weighted by molar-refractivity contribution is -0.144. The Morgan fingerprint density at radius 1 is 1.43 bits per heavy atom. The fourth-order valence-electron chi connectivity index (χ4n) is 2.18. The van der Waals surface area contributed by atoms with Crippen LogP contribution in [0.5, 0.6) is 0 Å². The van der Waals surface area contributed by atoms with Gasteiger partial charge in [-0.2, -0.15) is 0 Å². The van der Waals surface area contributed by atoms with Crippen LogP contribution in [0, 0.1) is 13.8 Å². The highest BCUT2D eigenvalue weighted by Crippen LogP contribution is 2.27. The summed E-state index contributed by atoms with van der Waals surface area (Å²) in [6.45, 7) is 10.4. The minimum atomic E-state index is -0.915. The predicted octanol–water partition coefficient (Wildman–Crippen LogP) is 2.81. The molecule has 5 nitrogen and oxygen atoms in total. The number of hydrogen-bond donors (Lipinski definition) is 2. The largest absolute Gasteiger partial charge is 0.480 e. The van der Waals surface area contributed by atoms with Crippen LogP contribution < -0.4 is 5.32 Å². The molecule has 2 N–H and O–H groups in total. The van der Waals surface area contributed by atoms with Crippen LogP contribution in [0.1, 0.15) is 45.0 Å². The summed E-state index contributed by atoms with van der Waals surface area (Å²) in [5.74, 6) is -0.815. The first-order valence-corrected chi connectivity index (χ1v) is 8.12. The number of nitrogens with one attached hydrogen (secondary N) is 1. The number of carbonyl (C=O) groups is 1. The minimum Gasteiger partial charge on any atom is -0.480 e. The number of hydrogen-bond acceptors (Lipinski definition) is 5. The molecule has 0 spiro atoms. The van der Waals surface area contributed by atoms with Gasteiger partial charge in [0.1, 0.15) is 5.54 Å². The van der Waals surface area contributed by atoms with Crippen molar-refractivity contribution in [2.45, 2.75) is 63.4 Å². The van der Waals surface area contributed by atoms with E-state index in [0.29, 0.717) is 18.1 Å². The second-order valence-electron chi connectivity index (χ2n) is 5.63. The molecular formula is C15H25N3O2S. The Balaban J connectivity index is 2.73. The molecule has 0 bridgehead atoms. The molecule has 0 fully saturated rings. The van der Waals surface area contributed by atoms with Gasteiger partial charge < -0.3 is 10.4 Å². The first-order valence-electron chi connectivity index (χ1n) is 7.24. The van der Waals surface area contributed by atoms with Gasteiger partial charge in [0.25, 0.3) is 0 Å². The van der Waals surface area contributed by atoms with Crippen molar-refractivity contribution in [3.05, 3.63) is 17.5 Å². The van der Waals surface area contributed by atoms with Gasteiger partial charge in [0.15, 0.2) is 5.16 Å². The summed E-state index contributed by atoms with van der Waals surface area (Å²) >= 11 is 1.52. The molecule has 6 heteroatoms.